The molecule has 0 bridgehead atoms. The standard InChI is InChI=1S/C29H27F3N6O3S/c1-28(2,20-8-4-3-5-9-20)38-42(40,41)22-10-6-7-18(13-22)16-33-26-23(29(30,31)32)17-34-27(37-26)35-21-11-12-24-19(14-21)15-25(39)36-24/h3-14,17,38H,15-16H2,1-2H3,(H,36,39)(H2,33,34,35,37). The molecule has 1 aliphatic heterocycles. The molecule has 0 aliphatic carbocycles. The Morgan fingerprint density at radius 3 is 2.48 bits per heavy atom. The lowest BCUT2D eigenvalue weighted by molar-refractivity contribution is -0.137. The fourth-order valence-corrected chi connectivity index (χ4v) is 6.01. The molecule has 3 aromatic carbocycles. The molecule has 5 rings (SSSR count). The topological polar surface area (TPSA) is 125 Å². The first-order chi connectivity index (χ1) is 19.8. The van der Waals surface area contributed by atoms with Crippen LogP contribution in [-0.4, -0.2) is 24.3 Å². The van der Waals surface area contributed by atoms with Crippen molar-refractivity contribution in [3.63, 3.8) is 0 Å². The number of nitrogens with zero attached hydrogens (tertiary/aromatic N) is 2. The first kappa shape index (κ1) is 29.0. The smallest absolute Gasteiger partial charge is 0.365 e. The number of nitrogens with one attached hydrogen (secondary N) is 4. The molecule has 4 N–H and O–H groups in total. The Morgan fingerprint density at radius 1 is 0.976 bits per heavy atom. The van der Waals surface area contributed by atoms with Gasteiger partial charge in [0.2, 0.25) is 21.9 Å². The van der Waals surface area contributed by atoms with Gasteiger partial charge in [0.05, 0.1) is 16.9 Å². The van der Waals surface area contributed by atoms with Gasteiger partial charge in [0.1, 0.15) is 11.4 Å². The van der Waals surface area contributed by atoms with Crippen molar-refractivity contribution in [2.75, 3.05) is 16.0 Å². The maximum atomic E-state index is 13.8. The maximum Gasteiger partial charge on any atom is 0.421 e. The number of alkyl halides is 3. The lowest BCUT2D eigenvalue weighted by Gasteiger charge is -2.26. The largest absolute Gasteiger partial charge is 0.421 e. The van der Waals surface area contributed by atoms with E-state index in [0.29, 0.717) is 23.1 Å². The number of rotatable bonds is 9. The Bertz CT molecular complexity index is 1750. The number of anilines is 4. The lowest BCUT2D eigenvalue weighted by Crippen LogP contribution is -2.40. The molecule has 0 spiro atoms. The minimum atomic E-state index is -4.74. The van der Waals surface area contributed by atoms with Crippen molar-refractivity contribution in [1.82, 2.24) is 14.7 Å². The second-order valence-electron chi connectivity index (χ2n) is 10.3. The number of amides is 1. The molecular weight excluding hydrogens is 569 g/mol. The Morgan fingerprint density at radius 2 is 1.74 bits per heavy atom. The molecule has 1 aromatic heterocycles. The SMILES string of the molecule is CC(C)(NS(=O)(=O)c1cccc(CNc2nc(Nc3ccc4c(c3)CC(=O)N4)ncc2C(F)(F)F)c1)c1ccccc1. The first-order valence-corrected chi connectivity index (χ1v) is 14.3. The average Bonchev–Trinajstić information content (AvgIpc) is 3.31. The van der Waals surface area contributed by atoms with Gasteiger partial charge in [-0.1, -0.05) is 42.5 Å². The fraction of sp³-hybridized carbons (Fsp3) is 0.207. The van der Waals surface area contributed by atoms with Crippen LogP contribution >= 0.6 is 0 Å². The van der Waals surface area contributed by atoms with E-state index >= 15 is 0 Å². The summed E-state index contributed by atoms with van der Waals surface area (Å²) in [5.41, 5.74) is 1.12. The zero-order valence-electron chi connectivity index (χ0n) is 22.6. The highest BCUT2D eigenvalue weighted by Crippen LogP contribution is 2.35. The van der Waals surface area contributed by atoms with Crippen molar-refractivity contribution in [2.24, 2.45) is 0 Å². The molecule has 0 radical (unpaired) electrons. The number of benzene rings is 3. The van der Waals surface area contributed by atoms with Crippen LogP contribution in [0.4, 0.5) is 36.3 Å². The third-order valence-electron chi connectivity index (χ3n) is 6.63. The van der Waals surface area contributed by atoms with Crippen molar-refractivity contribution in [3.05, 3.63) is 101 Å². The molecule has 0 saturated heterocycles. The van der Waals surface area contributed by atoms with E-state index in [9.17, 15) is 26.4 Å². The number of hydrogen-bond acceptors (Lipinski definition) is 7. The molecule has 9 nitrogen and oxygen atoms in total. The molecule has 13 heteroatoms. The first-order valence-electron chi connectivity index (χ1n) is 12.9. The lowest BCUT2D eigenvalue weighted by atomic mass is 9.96. The van der Waals surface area contributed by atoms with Crippen molar-refractivity contribution in [2.45, 2.75) is 43.4 Å². The monoisotopic (exact) mass is 596 g/mol. The number of fused-ring (bicyclic) bond motifs is 1. The third-order valence-corrected chi connectivity index (χ3v) is 8.29. The highest BCUT2D eigenvalue weighted by molar-refractivity contribution is 7.89. The summed E-state index contributed by atoms with van der Waals surface area (Å²) in [6.45, 7) is 3.34. The predicted molar refractivity (Wildman–Crippen MR) is 153 cm³/mol. The highest BCUT2D eigenvalue weighted by Gasteiger charge is 2.35. The molecular formula is C29H27F3N6O3S. The molecule has 1 amide bonds. The third kappa shape index (κ3) is 6.52. The van der Waals surface area contributed by atoms with Gasteiger partial charge in [-0.05, 0) is 60.9 Å². The molecule has 4 aromatic rings. The van der Waals surface area contributed by atoms with Gasteiger partial charge in [0.15, 0.2) is 0 Å². The number of carbonyl (C=O) groups excluding carboxylic acids is 1. The molecule has 0 fully saturated rings. The Kier molecular flexibility index (Phi) is 7.64. The highest BCUT2D eigenvalue weighted by atomic mass is 32.2. The van der Waals surface area contributed by atoms with Gasteiger partial charge < -0.3 is 16.0 Å². The van der Waals surface area contributed by atoms with Gasteiger partial charge in [0.25, 0.3) is 0 Å². The second-order valence-corrected chi connectivity index (χ2v) is 12.0. The summed E-state index contributed by atoms with van der Waals surface area (Å²) in [7, 11) is -3.97. The van der Waals surface area contributed by atoms with E-state index in [4.69, 9.17) is 0 Å². The molecule has 0 saturated carbocycles. The Labute approximate surface area is 240 Å². The van der Waals surface area contributed by atoms with Crippen molar-refractivity contribution < 1.29 is 26.4 Å². The summed E-state index contributed by atoms with van der Waals surface area (Å²) in [4.78, 5) is 19.5. The minimum absolute atomic E-state index is 0.0310. The van der Waals surface area contributed by atoms with Gasteiger partial charge >= 0.3 is 6.18 Å². The van der Waals surface area contributed by atoms with E-state index in [-0.39, 0.29) is 29.7 Å². The average molecular weight is 597 g/mol. The van der Waals surface area contributed by atoms with Crippen molar-refractivity contribution in [3.8, 4) is 0 Å². The summed E-state index contributed by atoms with van der Waals surface area (Å²) in [5.74, 6) is -0.715. The molecule has 0 unspecified atom stereocenters. The van der Waals surface area contributed by atoms with E-state index in [1.807, 2.05) is 30.3 Å². The quantitative estimate of drug-likeness (QED) is 0.199. The number of hydrogen-bond donors (Lipinski definition) is 4. The van der Waals surface area contributed by atoms with Crippen LogP contribution < -0.4 is 20.7 Å². The number of halogens is 3. The Hall–Kier alpha value is -4.49. The van der Waals surface area contributed by atoms with E-state index in [1.165, 1.54) is 18.2 Å². The predicted octanol–water partition coefficient (Wildman–Crippen LogP) is 5.56. The van der Waals surface area contributed by atoms with E-state index in [1.54, 1.807) is 38.1 Å². The van der Waals surface area contributed by atoms with Crippen molar-refractivity contribution >= 4 is 39.1 Å². The zero-order chi connectivity index (χ0) is 30.1. The van der Waals surface area contributed by atoms with Crippen LogP contribution in [0.15, 0.2) is 83.9 Å². The van der Waals surface area contributed by atoms with E-state index in [2.05, 4.69) is 30.6 Å². The Balaban J connectivity index is 1.35. The molecule has 42 heavy (non-hydrogen) atoms. The molecule has 218 valence electrons. The molecule has 2 heterocycles. The summed E-state index contributed by atoms with van der Waals surface area (Å²) in [6.07, 6.45) is -3.87. The molecule has 1 aliphatic rings. The fourth-order valence-electron chi connectivity index (χ4n) is 4.54. The van der Waals surface area contributed by atoms with Crippen LogP contribution in [-0.2, 0) is 39.5 Å². The number of aromatic nitrogens is 2. The summed E-state index contributed by atoms with van der Waals surface area (Å²) in [6, 6.07) is 20.0. The van der Waals surface area contributed by atoms with Crippen LogP contribution in [0.1, 0.15) is 36.1 Å². The van der Waals surface area contributed by atoms with Crippen LogP contribution in [0, 0.1) is 0 Å². The normalized spacial score (nSPS) is 13.4. The van der Waals surface area contributed by atoms with Crippen LogP contribution in [0.3, 0.4) is 0 Å². The van der Waals surface area contributed by atoms with E-state index in [0.717, 1.165) is 11.1 Å². The number of carbonyl (C=O) groups is 1. The minimum Gasteiger partial charge on any atom is -0.365 e. The van der Waals surface area contributed by atoms with E-state index < -0.39 is 33.1 Å². The number of sulfonamides is 1. The van der Waals surface area contributed by atoms with Crippen LogP contribution in [0.5, 0.6) is 0 Å². The van der Waals surface area contributed by atoms with Crippen LogP contribution in [0.2, 0.25) is 0 Å². The van der Waals surface area contributed by atoms with Gasteiger partial charge in [-0.25, -0.2) is 18.1 Å². The summed E-state index contributed by atoms with van der Waals surface area (Å²) < 4.78 is 70.4. The summed E-state index contributed by atoms with van der Waals surface area (Å²) in [5, 5.41) is 8.27. The maximum absolute atomic E-state index is 13.8. The van der Waals surface area contributed by atoms with Gasteiger partial charge in [-0.2, -0.15) is 18.2 Å². The zero-order valence-corrected chi connectivity index (χ0v) is 23.4. The van der Waals surface area contributed by atoms with Crippen molar-refractivity contribution in [1.29, 1.82) is 0 Å². The van der Waals surface area contributed by atoms with Crippen LogP contribution in [0.25, 0.3) is 0 Å². The molecule has 0 atom stereocenters. The van der Waals surface area contributed by atoms with Gasteiger partial charge in [-0.3, -0.25) is 4.79 Å². The van der Waals surface area contributed by atoms with Gasteiger partial charge in [-0.15, -0.1) is 0 Å². The summed E-state index contributed by atoms with van der Waals surface area (Å²) >= 11 is 0. The van der Waals surface area contributed by atoms with Gasteiger partial charge in [0, 0.05) is 24.1 Å². The second kappa shape index (κ2) is 11.1.